The minimum atomic E-state index is -4.39. The normalized spacial score (nSPS) is 23.3. The topological polar surface area (TPSA) is 71.8 Å². The molecule has 7 nitrogen and oxygen atoms in total. The zero-order valence-electron chi connectivity index (χ0n) is 16.8. The van der Waals surface area contributed by atoms with Gasteiger partial charge in [0.1, 0.15) is 23.7 Å². The van der Waals surface area contributed by atoms with Gasteiger partial charge in [0.25, 0.3) is 6.43 Å². The van der Waals surface area contributed by atoms with Crippen LogP contribution in [0.5, 0.6) is 0 Å². The highest BCUT2D eigenvalue weighted by molar-refractivity contribution is 5.71. The molecule has 1 saturated carbocycles. The molecule has 2 fully saturated rings. The van der Waals surface area contributed by atoms with Gasteiger partial charge in [-0.15, -0.1) is 0 Å². The zero-order valence-corrected chi connectivity index (χ0v) is 16.8. The van der Waals surface area contributed by atoms with E-state index in [-0.39, 0.29) is 6.04 Å². The largest absolute Gasteiger partial charge is 0.417 e. The van der Waals surface area contributed by atoms with Crippen LogP contribution in [0.25, 0.3) is 11.2 Å². The molecule has 4 heterocycles. The number of aromatic nitrogens is 5. The van der Waals surface area contributed by atoms with Crippen LogP contribution in [-0.2, 0) is 12.7 Å². The summed E-state index contributed by atoms with van der Waals surface area (Å²) in [6.45, 7) is 0.920. The Morgan fingerprint density at radius 1 is 1.03 bits per heavy atom. The molecule has 0 radical (unpaired) electrons. The molecule has 1 N–H and O–H groups in total. The van der Waals surface area contributed by atoms with Crippen LogP contribution in [0.1, 0.15) is 18.4 Å². The first-order valence-electron chi connectivity index (χ1n) is 10.3. The molecular formula is C20H20F5N7. The molecule has 12 heteroatoms. The molecule has 5 rings (SSSR count). The maximum Gasteiger partial charge on any atom is 0.417 e. The summed E-state index contributed by atoms with van der Waals surface area (Å²) in [5.74, 6) is 1.84. The molecule has 3 aromatic heterocycles. The predicted octanol–water partition coefficient (Wildman–Crippen LogP) is 3.83. The molecule has 1 aliphatic heterocycles. The second-order valence-corrected chi connectivity index (χ2v) is 8.32. The van der Waals surface area contributed by atoms with Crippen LogP contribution in [0.3, 0.4) is 0 Å². The summed E-state index contributed by atoms with van der Waals surface area (Å²) in [7, 11) is 0. The fourth-order valence-corrected chi connectivity index (χ4v) is 4.74. The van der Waals surface area contributed by atoms with Crippen molar-refractivity contribution in [3.05, 3.63) is 36.3 Å². The summed E-state index contributed by atoms with van der Waals surface area (Å²) in [4.78, 5) is 14.7. The second kappa shape index (κ2) is 7.82. The van der Waals surface area contributed by atoms with Gasteiger partial charge in [-0.05, 0) is 36.8 Å². The van der Waals surface area contributed by atoms with Gasteiger partial charge in [-0.1, -0.05) is 0 Å². The zero-order chi connectivity index (χ0) is 22.5. The van der Waals surface area contributed by atoms with Crippen LogP contribution >= 0.6 is 0 Å². The lowest BCUT2D eigenvalue weighted by molar-refractivity contribution is -0.137. The molecule has 32 heavy (non-hydrogen) atoms. The van der Waals surface area contributed by atoms with Crippen molar-refractivity contribution in [2.45, 2.75) is 38.0 Å². The number of alkyl halides is 5. The number of halogens is 5. The van der Waals surface area contributed by atoms with Crippen molar-refractivity contribution in [3.8, 4) is 0 Å². The Morgan fingerprint density at radius 2 is 1.78 bits per heavy atom. The van der Waals surface area contributed by atoms with E-state index in [0.29, 0.717) is 34.6 Å². The summed E-state index contributed by atoms with van der Waals surface area (Å²) in [5.41, 5.74) is 0.0186. The molecule has 3 atom stereocenters. The smallest absolute Gasteiger partial charge is 0.366 e. The first-order valence-corrected chi connectivity index (χ1v) is 10.3. The predicted molar refractivity (Wildman–Crippen MR) is 106 cm³/mol. The third kappa shape index (κ3) is 4.05. The SMILES string of the molecule is FC(F)Cn1ncc2ncc(N[C@H]3CC4CN(c5ccc(C(F)(F)F)cn5)C[C@@H]4C3)nc21. The Balaban J connectivity index is 1.21. The molecule has 0 aromatic carbocycles. The first kappa shape index (κ1) is 20.8. The Hall–Kier alpha value is -3.05. The third-order valence-corrected chi connectivity index (χ3v) is 6.16. The second-order valence-electron chi connectivity index (χ2n) is 8.32. The van der Waals surface area contributed by atoms with E-state index in [1.165, 1.54) is 12.3 Å². The minimum absolute atomic E-state index is 0.158. The molecular weight excluding hydrogens is 433 g/mol. The third-order valence-electron chi connectivity index (χ3n) is 6.16. The van der Waals surface area contributed by atoms with Gasteiger partial charge in [0.2, 0.25) is 0 Å². The standard InChI is InChI=1S/C20H20F5N7/c21-16(22)10-32-19-15(6-28-32)26-7-17(30-19)29-14-3-11-8-31(9-12(11)4-14)18-2-1-13(5-27-18)20(23,24)25/h1-2,5-7,11-12,14,16H,3-4,8-10H2,(H,29,30)/t11-,12?,14+/m0/s1. The van der Waals surface area contributed by atoms with Crippen molar-refractivity contribution in [1.29, 1.82) is 0 Å². The number of pyridine rings is 1. The van der Waals surface area contributed by atoms with Gasteiger partial charge in [-0.3, -0.25) is 0 Å². The van der Waals surface area contributed by atoms with Crippen LogP contribution in [0.15, 0.2) is 30.7 Å². The number of nitrogens with one attached hydrogen (secondary N) is 1. The number of nitrogens with zero attached hydrogens (tertiary/aromatic N) is 6. The number of anilines is 2. The van der Waals surface area contributed by atoms with Crippen molar-refractivity contribution in [2.75, 3.05) is 23.3 Å². The Bertz CT molecular complexity index is 1080. The highest BCUT2D eigenvalue weighted by Gasteiger charge is 2.41. The molecule has 2 aliphatic rings. The van der Waals surface area contributed by atoms with Gasteiger partial charge in [-0.2, -0.15) is 18.3 Å². The molecule has 0 spiro atoms. The highest BCUT2D eigenvalue weighted by atomic mass is 19.4. The molecule has 1 unspecified atom stereocenters. The molecule has 1 aliphatic carbocycles. The lowest BCUT2D eigenvalue weighted by atomic mass is 10.0. The van der Waals surface area contributed by atoms with Gasteiger partial charge in [0.05, 0.1) is 18.0 Å². The van der Waals surface area contributed by atoms with Gasteiger partial charge in [0, 0.05) is 25.3 Å². The number of hydrogen-bond acceptors (Lipinski definition) is 6. The first-order chi connectivity index (χ1) is 15.3. The van der Waals surface area contributed by atoms with E-state index in [4.69, 9.17) is 0 Å². The van der Waals surface area contributed by atoms with Gasteiger partial charge >= 0.3 is 6.18 Å². The van der Waals surface area contributed by atoms with E-state index >= 15 is 0 Å². The summed E-state index contributed by atoms with van der Waals surface area (Å²) >= 11 is 0. The Morgan fingerprint density at radius 3 is 2.41 bits per heavy atom. The Kier molecular flexibility index (Phi) is 5.09. The number of hydrogen-bond donors (Lipinski definition) is 1. The fraction of sp³-hybridized carbons (Fsp3) is 0.500. The monoisotopic (exact) mass is 453 g/mol. The van der Waals surface area contributed by atoms with E-state index in [0.717, 1.165) is 42.9 Å². The Labute approximate surface area is 179 Å². The van der Waals surface area contributed by atoms with Crippen molar-refractivity contribution in [2.24, 2.45) is 11.8 Å². The molecule has 170 valence electrons. The fourth-order valence-electron chi connectivity index (χ4n) is 4.74. The van der Waals surface area contributed by atoms with Crippen molar-refractivity contribution in [3.63, 3.8) is 0 Å². The van der Waals surface area contributed by atoms with Gasteiger partial charge < -0.3 is 10.2 Å². The van der Waals surface area contributed by atoms with Crippen molar-refractivity contribution < 1.29 is 22.0 Å². The maximum absolute atomic E-state index is 12.7. The molecule has 3 aromatic rings. The van der Waals surface area contributed by atoms with E-state index < -0.39 is 24.7 Å². The number of rotatable bonds is 5. The van der Waals surface area contributed by atoms with Crippen LogP contribution < -0.4 is 10.2 Å². The van der Waals surface area contributed by atoms with Gasteiger partial charge in [0.15, 0.2) is 5.65 Å². The summed E-state index contributed by atoms with van der Waals surface area (Å²) in [5, 5.41) is 7.27. The van der Waals surface area contributed by atoms with Crippen LogP contribution in [0.4, 0.5) is 33.6 Å². The number of fused-ring (bicyclic) bond motifs is 2. The average Bonchev–Trinajstić information content (AvgIpc) is 3.41. The minimum Gasteiger partial charge on any atom is -0.366 e. The van der Waals surface area contributed by atoms with Crippen LogP contribution in [-0.4, -0.2) is 50.3 Å². The van der Waals surface area contributed by atoms with Crippen LogP contribution in [0, 0.1) is 11.8 Å². The van der Waals surface area contributed by atoms with E-state index in [2.05, 4.69) is 25.4 Å². The molecule has 1 saturated heterocycles. The van der Waals surface area contributed by atoms with E-state index in [1.807, 2.05) is 4.90 Å². The summed E-state index contributed by atoms with van der Waals surface area (Å²) < 4.78 is 64.8. The van der Waals surface area contributed by atoms with E-state index in [1.54, 1.807) is 6.20 Å². The maximum atomic E-state index is 12.7. The van der Waals surface area contributed by atoms with E-state index in [9.17, 15) is 22.0 Å². The summed E-state index contributed by atoms with van der Waals surface area (Å²) in [6.07, 6.45) is -1.32. The highest BCUT2D eigenvalue weighted by Crippen LogP contribution is 2.40. The van der Waals surface area contributed by atoms with Crippen molar-refractivity contribution in [1.82, 2.24) is 24.7 Å². The summed E-state index contributed by atoms with van der Waals surface area (Å²) in [6, 6.07) is 2.65. The average molecular weight is 453 g/mol. The lowest BCUT2D eigenvalue weighted by Gasteiger charge is -2.21. The quantitative estimate of drug-likeness (QED) is 0.592. The lowest BCUT2D eigenvalue weighted by Crippen LogP contribution is -2.26. The molecule has 0 amide bonds. The van der Waals surface area contributed by atoms with Gasteiger partial charge in [-0.25, -0.2) is 28.4 Å². The van der Waals surface area contributed by atoms with Crippen molar-refractivity contribution >= 4 is 22.8 Å². The van der Waals surface area contributed by atoms with Crippen LogP contribution in [0.2, 0.25) is 0 Å². The molecule has 0 bridgehead atoms.